The van der Waals surface area contributed by atoms with Crippen LogP contribution in [-0.4, -0.2) is 28.0 Å². The summed E-state index contributed by atoms with van der Waals surface area (Å²) in [6.07, 6.45) is 5.28. The summed E-state index contributed by atoms with van der Waals surface area (Å²) >= 11 is 13.6. The number of fused-ring (bicyclic) bond motifs is 1. The largest absolute Gasteiger partial charge is 0.465 e. The molecule has 0 unspecified atom stereocenters. The van der Waals surface area contributed by atoms with E-state index in [0.717, 1.165) is 58.9 Å². The van der Waals surface area contributed by atoms with Crippen molar-refractivity contribution in [2.45, 2.75) is 52.5 Å². The molecule has 3 aromatic rings. The van der Waals surface area contributed by atoms with Gasteiger partial charge in [-0.25, -0.2) is 4.79 Å². The molecule has 0 saturated carbocycles. The number of methoxy groups -OCH3 is 1. The second-order valence-electron chi connectivity index (χ2n) is 8.13. The van der Waals surface area contributed by atoms with Crippen molar-refractivity contribution in [3.8, 4) is 0 Å². The Morgan fingerprint density at radius 3 is 2.73 bits per heavy atom. The van der Waals surface area contributed by atoms with E-state index in [0.29, 0.717) is 22.2 Å². The van der Waals surface area contributed by atoms with Gasteiger partial charge in [0.1, 0.15) is 5.00 Å². The van der Waals surface area contributed by atoms with E-state index in [1.807, 2.05) is 42.8 Å². The first-order valence-corrected chi connectivity index (χ1v) is 12.6. The summed E-state index contributed by atoms with van der Waals surface area (Å²) in [5.74, 6) is -0.320. The quantitative estimate of drug-likeness (QED) is 0.248. The van der Waals surface area contributed by atoms with Crippen LogP contribution in [0.1, 0.15) is 57.0 Å². The van der Waals surface area contributed by atoms with Gasteiger partial charge in [-0.3, -0.25) is 4.68 Å². The zero-order valence-corrected chi connectivity index (χ0v) is 21.3. The first-order chi connectivity index (χ1) is 15.9. The number of ether oxygens (including phenoxy) is 1. The lowest BCUT2D eigenvalue weighted by atomic mass is 10.1. The summed E-state index contributed by atoms with van der Waals surface area (Å²) in [5, 5.41) is 13.1. The second-order valence-corrected chi connectivity index (χ2v) is 10.1. The number of thiophene rings is 1. The number of hydrogen-bond donors (Lipinski definition) is 2. The Bertz CT molecular complexity index is 1200. The van der Waals surface area contributed by atoms with Gasteiger partial charge in [0.25, 0.3) is 0 Å². The van der Waals surface area contributed by atoms with Gasteiger partial charge in [0.15, 0.2) is 5.11 Å². The average Bonchev–Trinajstić information content (AvgIpc) is 3.14. The summed E-state index contributed by atoms with van der Waals surface area (Å²) < 4.78 is 7.00. The maximum atomic E-state index is 12.6. The number of halogens is 1. The van der Waals surface area contributed by atoms with Gasteiger partial charge in [-0.15, -0.1) is 11.3 Å². The van der Waals surface area contributed by atoms with Gasteiger partial charge in [-0.05, 0) is 68.9 Å². The van der Waals surface area contributed by atoms with E-state index in [4.69, 9.17) is 28.6 Å². The predicted octanol–water partition coefficient (Wildman–Crippen LogP) is 6.13. The van der Waals surface area contributed by atoms with Gasteiger partial charge in [0.05, 0.1) is 36.3 Å². The molecule has 1 aromatic carbocycles. The fraction of sp³-hybridized carbons (Fsp3) is 0.375. The Labute approximate surface area is 208 Å². The maximum Gasteiger partial charge on any atom is 0.341 e. The third kappa shape index (κ3) is 5.08. The average molecular weight is 503 g/mol. The summed E-state index contributed by atoms with van der Waals surface area (Å²) in [6, 6.07) is 7.75. The highest BCUT2D eigenvalue weighted by molar-refractivity contribution is 7.80. The third-order valence-corrected chi connectivity index (χ3v) is 7.72. The molecule has 9 heteroatoms. The number of anilines is 2. The number of rotatable bonds is 5. The van der Waals surface area contributed by atoms with Gasteiger partial charge in [0.2, 0.25) is 0 Å². The molecule has 0 radical (unpaired) electrons. The standard InChI is InChI=1S/C24H27ClN4O2S2/c1-14-21(15(2)29(28-14)13-16-9-7-8-11-18(16)25)26-24(32)27-22-20(23(30)31-3)17-10-5-4-6-12-19(17)33-22/h7-9,11H,4-6,10,12-13H2,1-3H3,(H2,26,27,32). The fourth-order valence-corrected chi connectivity index (χ4v) is 5.96. The maximum absolute atomic E-state index is 12.6. The summed E-state index contributed by atoms with van der Waals surface area (Å²) in [6.45, 7) is 4.50. The van der Waals surface area contributed by atoms with Crippen LogP contribution in [0.4, 0.5) is 10.7 Å². The number of benzene rings is 1. The van der Waals surface area contributed by atoms with Gasteiger partial charge < -0.3 is 15.4 Å². The highest BCUT2D eigenvalue weighted by Gasteiger charge is 2.26. The first kappa shape index (κ1) is 23.7. The monoisotopic (exact) mass is 502 g/mol. The SMILES string of the molecule is COC(=O)c1c(NC(=S)Nc2c(C)nn(Cc3ccccc3Cl)c2C)sc2c1CCCCC2. The van der Waals surface area contributed by atoms with E-state index in [-0.39, 0.29) is 5.97 Å². The first-order valence-electron chi connectivity index (χ1n) is 11.0. The Morgan fingerprint density at radius 1 is 1.21 bits per heavy atom. The van der Waals surface area contributed by atoms with Crippen molar-refractivity contribution in [1.82, 2.24) is 9.78 Å². The van der Waals surface area contributed by atoms with E-state index in [1.54, 1.807) is 11.3 Å². The molecular formula is C24H27ClN4O2S2. The molecule has 2 aromatic heterocycles. The molecule has 0 saturated heterocycles. The number of hydrogen-bond acceptors (Lipinski definition) is 5. The van der Waals surface area contributed by atoms with Crippen LogP contribution in [0.5, 0.6) is 0 Å². The van der Waals surface area contributed by atoms with Crippen LogP contribution in [0.25, 0.3) is 0 Å². The van der Waals surface area contributed by atoms with Crippen molar-refractivity contribution in [2.75, 3.05) is 17.7 Å². The third-order valence-electron chi connectivity index (χ3n) is 5.94. The van der Waals surface area contributed by atoms with Crippen LogP contribution in [0.3, 0.4) is 0 Å². The van der Waals surface area contributed by atoms with Crippen LogP contribution >= 0.6 is 35.2 Å². The number of nitrogens with zero attached hydrogens (tertiary/aromatic N) is 2. The normalized spacial score (nSPS) is 13.2. The van der Waals surface area contributed by atoms with Crippen LogP contribution in [0.2, 0.25) is 5.02 Å². The predicted molar refractivity (Wildman–Crippen MR) is 139 cm³/mol. The van der Waals surface area contributed by atoms with Crippen molar-refractivity contribution in [2.24, 2.45) is 0 Å². The van der Waals surface area contributed by atoms with E-state index >= 15 is 0 Å². The van der Waals surface area contributed by atoms with Gasteiger partial charge in [-0.1, -0.05) is 36.2 Å². The molecule has 33 heavy (non-hydrogen) atoms. The molecule has 6 nitrogen and oxygen atoms in total. The summed E-state index contributed by atoms with van der Waals surface area (Å²) in [4.78, 5) is 13.8. The number of aryl methyl sites for hydroxylation is 2. The van der Waals surface area contributed by atoms with Crippen molar-refractivity contribution in [1.29, 1.82) is 0 Å². The lowest BCUT2D eigenvalue weighted by Crippen LogP contribution is -2.21. The molecule has 0 amide bonds. The number of nitrogens with one attached hydrogen (secondary N) is 2. The van der Waals surface area contributed by atoms with E-state index in [9.17, 15) is 4.79 Å². The molecule has 4 rings (SSSR count). The van der Waals surface area contributed by atoms with Crippen molar-refractivity contribution >= 4 is 56.9 Å². The van der Waals surface area contributed by atoms with Crippen LogP contribution in [0.15, 0.2) is 24.3 Å². The minimum atomic E-state index is -0.320. The van der Waals surface area contributed by atoms with E-state index in [2.05, 4.69) is 15.7 Å². The zero-order valence-electron chi connectivity index (χ0n) is 19.0. The molecular weight excluding hydrogens is 476 g/mol. The molecule has 0 atom stereocenters. The van der Waals surface area contributed by atoms with Crippen LogP contribution < -0.4 is 10.6 Å². The van der Waals surface area contributed by atoms with Gasteiger partial charge >= 0.3 is 5.97 Å². The van der Waals surface area contributed by atoms with Crippen molar-refractivity contribution < 1.29 is 9.53 Å². The van der Waals surface area contributed by atoms with E-state index < -0.39 is 0 Å². The number of esters is 1. The van der Waals surface area contributed by atoms with Gasteiger partial charge in [0, 0.05) is 9.90 Å². The Balaban J connectivity index is 1.55. The van der Waals surface area contributed by atoms with Gasteiger partial charge in [-0.2, -0.15) is 5.10 Å². The Hall–Kier alpha value is -2.42. The van der Waals surface area contributed by atoms with Crippen LogP contribution in [-0.2, 0) is 24.1 Å². The van der Waals surface area contributed by atoms with Crippen molar-refractivity contribution in [3.05, 3.63) is 62.2 Å². The minimum Gasteiger partial charge on any atom is -0.465 e. The summed E-state index contributed by atoms with van der Waals surface area (Å²) in [7, 11) is 1.42. The smallest absolute Gasteiger partial charge is 0.341 e. The lowest BCUT2D eigenvalue weighted by molar-refractivity contribution is 0.0601. The zero-order chi connectivity index (χ0) is 23.5. The van der Waals surface area contributed by atoms with Crippen LogP contribution in [0, 0.1) is 13.8 Å². The molecule has 1 aliphatic carbocycles. The molecule has 2 heterocycles. The fourth-order valence-electron chi connectivity index (χ4n) is 4.22. The number of carbonyl (C=O) groups excluding carboxylic acids is 1. The molecule has 0 spiro atoms. The Kier molecular flexibility index (Phi) is 7.36. The molecule has 0 bridgehead atoms. The molecule has 174 valence electrons. The second kappa shape index (κ2) is 10.2. The molecule has 0 fully saturated rings. The lowest BCUT2D eigenvalue weighted by Gasteiger charge is -2.12. The highest BCUT2D eigenvalue weighted by atomic mass is 35.5. The number of thiocarbonyl (C=S) groups is 1. The topological polar surface area (TPSA) is 68.2 Å². The van der Waals surface area contributed by atoms with E-state index in [1.165, 1.54) is 18.4 Å². The number of carbonyl (C=O) groups is 1. The highest BCUT2D eigenvalue weighted by Crippen LogP contribution is 2.38. The van der Waals surface area contributed by atoms with Crippen molar-refractivity contribution in [3.63, 3.8) is 0 Å². The minimum absolute atomic E-state index is 0.320. The molecule has 0 aliphatic heterocycles. The number of aromatic nitrogens is 2. The summed E-state index contributed by atoms with van der Waals surface area (Å²) in [5.41, 5.74) is 5.35. The molecule has 1 aliphatic rings. The Morgan fingerprint density at radius 2 is 1.97 bits per heavy atom. The molecule has 2 N–H and O–H groups in total.